The lowest BCUT2D eigenvalue weighted by atomic mass is 10.1. The van der Waals surface area contributed by atoms with Crippen molar-refractivity contribution >= 4 is 5.91 Å². The smallest absolute Gasteiger partial charge is 0.286 e. The predicted molar refractivity (Wildman–Crippen MR) is 118 cm³/mol. The monoisotopic (exact) mass is 406 g/mol. The molecular formula is C25H30N2O3. The maximum absolute atomic E-state index is 12.1. The molecule has 30 heavy (non-hydrogen) atoms. The van der Waals surface area contributed by atoms with Crippen LogP contribution in [0.15, 0.2) is 71.1 Å². The van der Waals surface area contributed by atoms with E-state index < -0.39 is 0 Å². The van der Waals surface area contributed by atoms with E-state index in [9.17, 15) is 4.79 Å². The van der Waals surface area contributed by atoms with Crippen molar-refractivity contribution in [2.45, 2.75) is 39.9 Å². The van der Waals surface area contributed by atoms with Crippen LogP contribution in [-0.4, -0.2) is 24.0 Å². The van der Waals surface area contributed by atoms with Gasteiger partial charge in [-0.25, -0.2) is 0 Å². The van der Waals surface area contributed by atoms with E-state index in [1.165, 1.54) is 11.1 Å². The number of carbonyl (C=O) groups excluding carboxylic acids is 1. The summed E-state index contributed by atoms with van der Waals surface area (Å²) in [5, 5.41) is 2.85. The van der Waals surface area contributed by atoms with Gasteiger partial charge in [-0.3, -0.25) is 9.69 Å². The molecular weight excluding hydrogens is 376 g/mol. The number of carbonyl (C=O) groups is 1. The van der Waals surface area contributed by atoms with Gasteiger partial charge in [-0.2, -0.15) is 0 Å². The second-order valence-corrected chi connectivity index (χ2v) is 7.23. The molecule has 5 heteroatoms. The molecule has 1 aromatic heterocycles. The lowest BCUT2D eigenvalue weighted by Crippen LogP contribution is -2.23. The Balaban J connectivity index is 1.71. The molecule has 1 amide bonds. The van der Waals surface area contributed by atoms with Gasteiger partial charge in [-0.15, -0.1) is 0 Å². The number of hydrogen-bond donors (Lipinski definition) is 1. The van der Waals surface area contributed by atoms with Gasteiger partial charge >= 0.3 is 0 Å². The molecule has 0 radical (unpaired) electrons. The van der Waals surface area contributed by atoms with Crippen LogP contribution in [0.1, 0.15) is 47.7 Å². The Morgan fingerprint density at radius 2 is 1.60 bits per heavy atom. The summed E-state index contributed by atoms with van der Waals surface area (Å²) in [5.74, 6) is 1.85. The molecule has 0 aliphatic carbocycles. The van der Waals surface area contributed by atoms with E-state index in [0.29, 0.717) is 25.5 Å². The van der Waals surface area contributed by atoms with E-state index in [1.807, 2.05) is 50.2 Å². The van der Waals surface area contributed by atoms with Gasteiger partial charge in [0.25, 0.3) is 5.91 Å². The van der Waals surface area contributed by atoms with E-state index in [2.05, 4.69) is 34.5 Å². The zero-order chi connectivity index (χ0) is 21.2. The molecule has 0 saturated heterocycles. The SMILES string of the molecule is CCCNC(=O)c1ccc(CN(Cc2ccccc2)Cc2ccc(OCC)cc2)o1. The zero-order valence-corrected chi connectivity index (χ0v) is 17.8. The van der Waals surface area contributed by atoms with Crippen LogP contribution in [0.25, 0.3) is 0 Å². The van der Waals surface area contributed by atoms with Gasteiger partial charge in [0.15, 0.2) is 5.76 Å². The quantitative estimate of drug-likeness (QED) is 0.486. The minimum atomic E-state index is -0.163. The molecule has 0 bridgehead atoms. The topological polar surface area (TPSA) is 54.7 Å². The molecule has 1 N–H and O–H groups in total. The lowest BCUT2D eigenvalue weighted by Gasteiger charge is -2.22. The van der Waals surface area contributed by atoms with Crippen LogP contribution in [0.5, 0.6) is 5.75 Å². The highest BCUT2D eigenvalue weighted by Gasteiger charge is 2.14. The number of amides is 1. The first-order chi connectivity index (χ1) is 14.7. The second-order valence-electron chi connectivity index (χ2n) is 7.23. The maximum atomic E-state index is 12.1. The molecule has 0 atom stereocenters. The normalized spacial score (nSPS) is 10.9. The molecule has 0 fully saturated rings. The lowest BCUT2D eigenvalue weighted by molar-refractivity contribution is 0.0921. The van der Waals surface area contributed by atoms with Crippen molar-refractivity contribution in [2.24, 2.45) is 0 Å². The molecule has 5 nitrogen and oxygen atoms in total. The van der Waals surface area contributed by atoms with Crippen LogP contribution in [-0.2, 0) is 19.6 Å². The summed E-state index contributed by atoms with van der Waals surface area (Å²) in [6.07, 6.45) is 0.895. The number of nitrogens with zero attached hydrogens (tertiary/aromatic N) is 1. The fourth-order valence-electron chi connectivity index (χ4n) is 3.26. The van der Waals surface area contributed by atoms with Gasteiger partial charge in [0.2, 0.25) is 0 Å². The van der Waals surface area contributed by atoms with E-state index in [1.54, 1.807) is 6.07 Å². The summed E-state index contributed by atoms with van der Waals surface area (Å²) in [6.45, 7) is 7.47. The van der Waals surface area contributed by atoms with E-state index >= 15 is 0 Å². The van der Waals surface area contributed by atoms with Crippen LogP contribution in [0.2, 0.25) is 0 Å². The van der Waals surface area contributed by atoms with Crippen molar-refractivity contribution in [3.63, 3.8) is 0 Å². The molecule has 0 unspecified atom stereocenters. The first-order valence-corrected chi connectivity index (χ1v) is 10.5. The highest BCUT2D eigenvalue weighted by atomic mass is 16.5. The minimum Gasteiger partial charge on any atom is -0.494 e. The molecule has 158 valence electrons. The number of rotatable bonds is 11. The molecule has 0 saturated carbocycles. The molecule has 2 aromatic carbocycles. The van der Waals surface area contributed by atoms with E-state index in [-0.39, 0.29) is 5.91 Å². The number of ether oxygens (including phenoxy) is 1. The van der Waals surface area contributed by atoms with Gasteiger partial charge < -0.3 is 14.5 Å². The van der Waals surface area contributed by atoms with Crippen LogP contribution in [0, 0.1) is 0 Å². The van der Waals surface area contributed by atoms with Crippen molar-refractivity contribution in [1.82, 2.24) is 10.2 Å². The molecule has 0 aliphatic heterocycles. The standard InChI is InChI=1S/C25H30N2O3/c1-3-16-26-25(28)24-15-14-23(30-24)19-27(17-20-8-6-5-7-9-20)18-21-10-12-22(13-11-21)29-4-2/h5-15H,3-4,16-19H2,1-2H3,(H,26,28). The minimum absolute atomic E-state index is 0.163. The van der Waals surface area contributed by atoms with Gasteiger partial charge in [-0.05, 0) is 48.7 Å². The van der Waals surface area contributed by atoms with Gasteiger partial charge in [-0.1, -0.05) is 49.4 Å². The summed E-state index contributed by atoms with van der Waals surface area (Å²) in [6, 6.07) is 22.2. The predicted octanol–water partition coefficient (Wildman–Crippen LogP) is 5.02. The third-order valence-corrected chi connectivity index (χ3v) is 4.69. The summed E-state index contributed by atoms with van der Waals surface area (Å²) in [4.78, 5) is 14.4. The maximum Gasteiger partial charge on any atom is 0.286 e. The summed E-state index contributed by atoms with van der Waals surface area (Å²) >= 11 is 0. The average molecular weight is 407 g/mol. The molecule has 0 spiro atoms. The number of furan rings is 1. The fourth-order valence-corrected chi connectivity index (χ4v) is 3.26. The Labute approximate surface area is 178 Å². The highest BCUT2D eigenvalue weighted by Crippen LogP contribution is 2.18. The van der Waals surface area contributed by atoms with Crippen molar-refractivity contribution in [1.29, 1.82) is 0 Å². The summed E-state index contributed by atoms with van der Waals surface area (Å²) in [7, 11) is 0. The van der Waals surface area contributed by atoms with Crippen molar-refractivity contribution < 1.29 is 13.9 Å². The van der Waals surface area contributed by atoms with Crippen LogP contribution < -0.4 is 10.1 Å². The molecule has 0 aliphatic rings. The Morgan fingerprint density at radius 1 is 0.900 bits per heavy atom. The van der Waals surface area contributed by atoms with E-state index in [0.717, 1.165) is 31.0 Å². The van der Waals surface area contributed by atoms with Crippen LogP contribution in [0.4, 0.5) is 0 Å². The second kappa shape index (κ2) is 11.2. The molecule has 3 rings (SSSR count). The van der Waals surface area contributed by atoms with Crippen molar-refractivity contribution in [3.05, 3.63) is 89.4 Å². The number of nitrogens with one attached hydrogen (secondary N) is 1. The average Bonchev–Trinajstić information content (AvgIpc) is 3.23. The Morgan fingerprint density at radius 3 is 2.27 bits per heavy atom. The third kappa shape index (κ3) is 6.49. The first-order valence-electron chi connectivity index (χ1n) is 10.5. The first kappa shape index (κ1) is 21.7. The summed E-state index contributed by atoms with van der Waals surface area (Å²) in [5.41, 5.74) is 2.43. The van der Waals surface area contributed by atoms with Gasteiger partial charge in [0.05, 0.1) is 13.2 Å². The van der Waals surface area contributed by atoms with Crippen molar-refractivity contribution in [3.8, 4) is 5.75 Å². The molecule has 1 heterocycles. The Hall–Kier alpha value is -3.05. The number of benzene rings is 2. The van der Waals surface area contributed by atoms with Crippen molar-refractivity contribution in [2.75, 3.05) is 13.2 Å². The van der Waals surface area contributed by atoms with E-state index in [4.69, 9.17) is 9.15 Å². The Kier molecular flexibility index (Phi) is 8.10. The van der Waals surface area contributed by atoms with Gasteiger partial charge in [0, 0.05) is 19.6 Å². The molecule has 3 aromatic rings. The highest BCUT2D eigenvalue weighted by molar-refractivity contribution is 5.91. The van der Waals surface area contributed by atoms with Gasteiger partial charge in [0.1, 0.15) is 11.5 Å². The Bertz CT molecular complexity index is 904. The fraction of sp³-hybridized carbons (Fsp3) is 0.320. The zero-order valence-electron chi connectivity index (χ0n) is 17.8. The summed E-state index contributed by atoms with van der Waals surface area (Å²) < 4.78 is 11.4. The van der Waals surface area contributed by atoms with Crippen LogP contribution >= 0.6 is 0 Å². The third-order valence-electron chi connectivity index (χ3n) is 4.69. The van der Waals surface area contributed by atoms with Crippen LogP contribution in [0.3, 0.4) is 0 Å². The number of hydrogen-bond acceptors (Lipinski definition) is 4. The largest absolute Gasteiger partial charge is 0.494 e.